The van der Waals surface area contributed by atoms with Crippen molar-refractivity contribution in [2.24, 2.45) is 5.92 Å². The lowest BCUT2D eigenvalue weighted by Crippen LogP contribution is -2.38. The van der Waals surface area contributed by atoms with Crippen molar-refractivity contribution in [1.82, 2.24) is 4.72 Å². The number of aliphatic hydroxyl groups is 1. The fraction of sp³-hybridized carbons (Fsp3) is 1.00. The normalized spacial score (nSPS) is 21.5. The van der Waals surface area contributed by atoms with Crippen LogP contribution in [0, 0.1) is 5.92 Å². The van der Waals surface area contributed by atoms with Gasteiger partial charge in [-0.15, -0.1) is 0 Å². The quantitative estimate of drug-likeness (QED) is 0.743. The second-order valence-corrected chi connectivity index (χ2v) is 6.29. The topological polar surface area (TPSA) is 66.4 Å². The van der Waals surface area contributed by atoms with E-state index < -0.39 is 10.0 Å². The fourth-order valence-corrected chi connectivity index (χ4v) is 3.79. The van der Waals surface area contributed by atoms with E-state index in [9.17, 15) is 8.42 Å². The van der Waals surface area contributed by atoms with Gasteiger partial charge in [-0.1, -0.05) is 19.3 Å². The Bertz CT molecular complexity index is 270. The zero-order valence-corrected chi connectivity index (χ0v) is 10.1. The summed E-state index contributed by atoms with van der Waals surface area (Å²) in [6.07, 6.45) is 5.57. The minimum atomic E-state index is -3.20. The third kappa shape index (κ3) is 4.95. The Morgan fingerprint density at radius 3 is 2.47 bits per heavy atom. The van der Waals surface area contributed by atoms with Gasteiger partial charge >= 0.3 is 0 Å². The van der Waals surface area contributed by atoms with Crippen LogP contribution >= 0.6 is 0 Å². The van der Waals surface area contributed by atoms with Crippen molar-refractivity contribution in [1.29, 1.82) is 0 Å². The molecule has 0 radical (unpaired) electrons. The van der Waals surface area contributed by atoms with Gasteiger partial charge in [0, 0.05) is 6.04 Å². The van der Waals surface area contributed by atoms with Crippen molar-refractivity contribution >= 4 is 10.0 Å². The zero-order chi connectivity index (χ0) is 11.3. The maximum atomic E-state index is 11.6. The predicted molar refractivity (Wildman–Crippen MR) is 60.0 cm³/mol. The minimum absolute atomic E-state index is 0.149. The molecule has 0 aromatic heterocycles. The van der Waals surface area contributed by atoms with E-state index in [2.05, 4.69) is 4.72 Å². The van der Waals surface area contributed by atoms with Crippen LogP contribution in [-0.2, 0) is 10.0 Å². The smallest absolute Gasteiger partial charge is 0.212 e. The molecule has 1 fully saturated rings. The predicted octanol–water partition coefficient (Wildman–Crippen LogP) is 0.867. The molecule has 1 rings (SSSR count). The van der Waals surface area contributed by atoms with Crippen molar-refractivity contribution in [3.05, 3.63) is 0 Å². The molecule has 0 amide bonds. The molecule has 0 bridgehead atoms. The molecular weight excluding hydrogens is 214 g/mol. The van der Waals surface area contributed by atoms with Crippen molar-refractivity contribution in [2.75, 3.05) is 12.4 Å². The van der Waals surface area contributed by atoms with Gasteiger partial charge in [0.1, 0.15) is 0 Å². The highest BCUT2D eigenvalue weighted by Crippen LogP contribution is 2.24. The standard InChI is InChI=1S/C10H21NO3S/c1-9(7-12)11-15(13,14)8-10-5-3-2-4-6-10/h9-12H,2-8H2,1H3. The van der Waals surface area contributed by atoms with Crippen LogP contribution in [0.15, 0.2) is 0 Å². The molecule has 1 aliphatic carbocycles. The van der Waals surface area contributed by atoms with Crippen molar-refractivity contribution in [3.8, 4) is 0 Å². The van der Waals surface area contributed by atoms with E-state index in [1.54, 1.807) is 6.92 Å². The molecule has 1 saturated carbocycles. The molecule has 15 heavy (non-hydrogen) atoms. The molecule has 0 heterocycles. The molecule has 1 aliphatic rings. The Morgan fingerprint density at radius 2 is 1.93 bits per heavy atom. The SMILES string of the molecule is CC(CO)NS(=O)(=O)CC1CCCCC1. The van der Waals surface area contributed by atoms with Crippen molar-refractivity contribution in [2.45, 2.75) is 45.1 Å². The van der Waals surface area contributed by atoms with E-state index in [0.717, 1.165) is 25.7 Å². The van der Waals surface area contributed by atoms with Gasteiger partial charge < -0.3 is 5.11 Å². The lowest BCUT2D eigenvalue weighted by Gasteiger charge is -2.22. The second kappa shape index (κ2) is 5.82. The molecule has 4 nitrogen and oxygen atoms in total. The Kier molecular flexibility index (Phi) is 5.02. The molecular formula is C10H21NO3S. The van der Waals surface area contributed by atoms with Crippen LogP contribution in [0.5, 0.6) is 0 Å². The summed E-state index contributed by atoms with van der Waals surface area (Å²) in [5.41, 5.74) is 0. The molecule has 1 atom stereocenters. The van der Waals surface area contributed by atoms with Gasteiger partial charge in [-0.3, -0.25) is 0 Å². The Morgan fingerprint density at radius 1 is 1.33 bits per heavy atom. The van der Waals surface area contributed by atoms with Crippen LogP contribution < -0.4 is 4.72 Å². The number of aliphatic hydroxyl groups excluding tert-OH is 1. The second-order valence-electron chi connectivity index (χ2n) is 4.49. The van der Waals surface area contributed by atoms with Crippen molar-refractivity contribution in [3.63, 3.8) is 0 Å². The molecule has 0 aromatic rings. The van der Waals surface area contributed by atoms with Gasteiger partial charge in [-0.25, -0.2) is 13.1 Å². The van der Waals surface area contributed by atoms with Crippen molar-refractivity contribution < 1.29 is 13.5 Å². The third-order valence-corrected chi connectivity index (χ3v) is 4.51. The molecule has 0 aliphatic heterocycles. The molecule has 5 heteroatoms. The van der Waals surface area contributed by atoms with E-state index in [4.69, 9.17) is 5.11 Å². The lowest BCUT2D eigenvalue weighted by molar-refractivity contribution is 0.264. The summed E-state index contributed by atoms with van der Waals surface area (Å²) in [5, 5.41) is 8.78. The highest BCUT2D eigenvalue weighted by molar-refractivity contribution is 7.89. The van der Waals surface area contributed by atoms with Gasteiger partial charge in [0.15, 0.2) is 0 Å². The number of sulfonamides is 1. The first kappa shape index (κ1) is 12.9. The first-order valence-electron chi connectivity index (χ1n) is 5.64. The van der Waals surface area contributed by atoms with Gasteiger partial charge in [-0.2, -0.15) is 0 Å². The van der Waals surface area contributed by atoms with Gasteiger partial charge in [0.25, 0.3) is 0 Å². The Hall–Kier alpha value is -0.130. The van der Waals surface area contributed by atoms with Gasteiger partial charge in [0.05, 0.1) is 12.4 Å². The molecule has 90 valence electrons. The van der Waals surface area contributed by atoms with E-state index in [0.29, 0.717) is 5.92 Å². The highest BCUT2D eigenvalue weighted by atomic mass is 32.2. The maximum Gasteiger partial charge on any atom is 0.212 e. The number of hydrogen-bond acceptors (Lipinski definition) is 3. The highest BCUT2D eigenvalue weighted by Gasteiger charge is 2.22. The molecule has 0 saturated heterocycles. The first-order chi connectivity index (χ1) is 7.03. The Balaban J connectivity index is 2.40. The van der Waals surface area contributed by atoms with Crippen LogP contribution in [0.4, 0.5) is 0 Å². The molecule has 2 N–H and O–H groups in total. The largest absolute Gasteiger partial charge is 0.395 e. The Labute approximate surface area is 92.1 Å². The fourth-order valence-electron chi connectivity index (χ4n) is 2.06. The number of rotatable bonds is 5. The monoisotopic (exact) mass is 235 g/mol. The average Bonchev–Trinajstić information content (AvgIpc) is 2.17. The van der Waals surface area contributed by atoms with E-state index >= 15 is 0 Å². The van der Waals surface area contributed by atoms with Crippen LogP contribution in [-0.4, -0.2) is 31.9 Å². The van der Waals surface area contributed by atoms with E-state index in [-0.39, 0.29) is 18.4 Å². The van der Waals surface area contributed by atoms with Crippen LogP contribution in [0.25, 0.3) is 0 Å². The first-order valence-corrected chi connectivity index (χ1v) is 7.29. The lowest BCUT2D eigenvalue weighted by atomic mass is 9.91. The summed E-state index contributed by atoms with van der Waals surface area (Å²) in [5.74, 6) is 0.527. The van der Waals surface area contributed by atoms with Crippen LogP contribution in [0.1, 0.15) is 39.0 Å². The summed E-state index contributed by atoms with van der Waals surface area (Å²) < 4.78 is 25.8. The zero-order valence-electron chi connectivity index (χ0n) is 9.28. The molecule has 0 spiro atoms. The van der Waals surface area contributed by atoms with E-state index in [1.807, 2.05) is 0 Å². The summed E-state index contributed by atoms with van der Waals surface area (Å²) in [4.78, 5) is 0. The number of hydrogen-bond donors (Lipinski definition) is 2. The maximum absolute atomic E-state index is 11.6. The average molecular weight is 235 g/mol. The molecule has 0 aromatic carbocycles. The summed E-state index contributed by atoms with van der Waals surface area (Å²) in [6, 6.07) is -0.376. The molecule has 1 unspecified atom stereocenters. The third-order valence-electron chi connectivity index (χ3n) is 2.83. The van der Waals surface area contributed by atoms with E-state index in [1.165, 1.54) is 6.42 Å². The van der Waals surface area contributed by atoms with Crippen LogP contribution in [0.3, 0.4) is 0 Å². The number of nitrogens with one attached hydrogen (secondary N) is 1. The van der Waals surface area contributed by atoms with Gasteiger partial charge in [0.2, 0.25) is 10.0 Å². The minimum Gasteiger partial charge on any atom is -0.395 e. The van der Waals surface area contributed by atoms with Gasteiger partial charge in [-0.05, 0) is 25.7 Å². The summed E-state index contributed by atoms with van der Waals surface area (Å²) >= 11 is 0. The summed E-state index contributed by atoms with van der Waals surface area (Å²) in [7, 11) is -3.20. The summed E-state index contributed by atoms with van der Waals surface area (Å²) in [6.45, 7) is 1.52. The van der Waals surface area contributed by atoms with Crippen LogP contribution in [0.2, 0.25) is 0 Å².